The third-order valence-electron chi connectivity index (χ3n) is 3.53. The molecule has 1 aliphatic rings. The van der Waals surface area contributed by atoms with Gasteiger partial charge >= 0.3 is 6.09 Å². The van der Waals surface area contributed by atoms with E-state index in [1.54, 1.807) is 35.3 Å². The van der Waals surface area contributed by atoms with Crippen LogP contribution < -0.4 is 4.74 Å². The lowest BCUT2D eigenvalue weighted by molar-refractivity contribution is -0.111. The Morgan fingerprint density at radius 2 is 1.96 bits per heavy atom. The third kappa shape index (κ3) is 4.08. The molecule has 1 amide bonds. The van der Waals surface area contributed by atoms with Crippen LogP contribution in [0.15, 0.2) is 47.0 Å². The molecule has 0 heterocycles. The first-order valence-corrected chi connectivity index (χ1v) is 8.29. The lowest BCUT2D eigenvalue weighted by Crippen LogP contribution is -2.33. The van der Waals surface area contributed by atoms with Crippen LogP contribution in [0.3, 0.4) is 0 Å². The van der Waals surface area contributed by atoms with Crippen LogP contribution in [-0.2, 0) is 4.79 Å². The van der Waals surface area contributed by atoms with Gasteiger partial charge in [-0.05, 0) is 44.2 Å². The monoisotopic (exact) mass is 365 g/mol. The summed E-state index contributed by atoms with van der Waals surface area (Å²) in [7, 11) is 0. The number of benzene rings is 1. The molecule has 1 aromatic rings. The Morgan fingerprint density at radius 3 is 2.58 bits per heavy atom. The maximum absolute atomic E-state index is 12.2. The van der Waals surface area contributed by atoms with E-state index >= 15 is 0 Å². The highest BCUT2D eigenvalue weighted by Crippen LogP contribution is 2.32. The molecule has 1 aromatic carbocycles. The van der Waals surface area contributed by atoms with E-state index in [0.717, 1.165) is 0 Å². The summed E-state index contributed by atoms with van der Waals surface area (Å²) in [4.78, 5) is 25.7. The Bertz CT molecular complexity index is 747. The SMILES string of the molecule is CCN(CC)C(=O)Oc1cccc(Cl)c1/C=C1/C(=O)C=CC=C1Cl. The second-order valence-corrected chi connectivity index (χ2v) is 5.80. The Hall–Kier alpha value is -2.04. The molecule has 0 saturated heterocycles. The standard InChI is InChI=1S/C18H17Cl2NO3/c1-3-21(4-2)18(23)24-17-10-6-8-15(20)13(17)11-12-14(19)7-5-9-16(12)22/h5-11H,3-4H2,1-2H3/b12-11+. The number of rotatable bonds is 4. The normalized spacial score (nSPS) is 15.4. The Kier molecular flexibility index (Phi) is 6.23. The van der Waals surface area contributed by atoms with Crippen LogP contribution in [0.25, 0.3) is 6.08 Å². The zero-order valence-electron chi connectivity index (χ0n) is 13.4. The van der Waals surface area contributed by atoms with Crippen LogP contribution in [0.1, 0.15) is 19.4 Å². The number of allylic oxidation sites excluding steroid dienone is 5. The lowest BCUT2D eigenvalue weighted by Gasteiger charge is -2.19. The number of ether oxygens (including phenoxy) is 1. The number of nitrogens with zero attached hydrogens (tertiary/aromatic N) is 1. The van der Waals surface area contributed by atoms with Crippen LogP contribution >= 0.6 is 23.2 Å². The smallest absolute Gasteiger partial charge is 0.410 e. The van der Waals surface area contributed by atoms with Gasteiger partial charge in [0, 0.05) is 24.2 Å². The highest BCUT2D eigenvalue weighted by molar-refractivity contribution is 6.38. The molecular weight excluding hydrogens is 349 g/mol. The molecule has 2 rings (SSSR count). The molecule has 0 radical (unpaired) electrons. The zero-order chi connectivity index (χ0) is 17.7. The van der Waals surface area contributed by atoms with Gasteiger partial charge in [-0.3, -0.25) is 4.79 Å². The highest BCUT2D eigenvalue weighted by atomic mass is 35.5. The van der Waals surface area contributed by atoms with Crippen molar-refractivity contribution >= 4 is 41.2 Å². The predicted octanol–water partition coefficient (Wildman–Crippen LogP) is 4.83. The summed E-state index contributed by atoms with van der Waals surface area (Å²) in [6.45, 7) is 4.79. The van der Waals surface area contributed by atoms with Crippen molar-refractivity contribution < 1.29 is 14.3 Å². The first-order valence-electron chi connectivity index (χ1n) is 7.53. The number of carbonyl (C=O) groups excluding carboxylic acids is 2. The van der Waals surface area contributed by atoms with Crippen molar-refractivity contribution in [1.82, 2.24) is 4.90 Å². The van der Waals surface area contributed by atoms with Crippen molar-refractivity contribution in [3.63, 3.8) is 0 Å². The minimum absolute atomic E-state index is 0.233. The van der Waals surface area contributed by atoms with E-state index in [0.29, 0.717) is 34.3 Å². The van der Waals surface area contributed by atoms with E-state index in [4.69, 9.17) is 27.9 Å². The van der Waals surface area contributed by atoms with Gasteiger partial charge in [0.25, 0.3) is 0 Å². The number of hydrogen-bond donors (Lipinski definition) is 0. The van der Waals surface area contributed by atoms with E-state index in [2.05, 4.69) is 0 Å². The van der Waals surface area contributed by atoms with Crippen molar-refractivity contribution in [3.8, 4) is 5.75 Å². The van der Waals surface area contributed by atoms with E-state index in [1.807, 2.05) is 13.8 Å². The van der Waals surface area contributed by atoms with Gasteiger partial charge in [0.15, 0.2) is 5.78 Å². The summed E-state index contributed by atoms with van der Waals surface area (Å²) < 4.78 is 5.45. The fourth-order valence-electron chi connectivity index (χ4n) is 2.19. The van der Waals surface area contributed by atoms with Crippen LogP contribution in [-0.4, -0.2) is 29.9 Å². The molecule has 0 saturated carbocycles. The fourth-order valence-corrected chi connectivity index (χ4v) is 2.63. The molecule has 0 N–H and O–H groups in total. The molecule has 4 nitrogen and oxygen atoms in total. The zero-order valence-corrected chi connectivity index (χ0v) is 14.9. The van der Waals surface area contributed by atoms with Crippen molar-refractivity contribution in [1.29, 1.82) is 0 Å². The number of carbonyl (C=O) groups is 2. The van der Waals surface area contributed by atoms with Crippen LogP contribution in [0, 0.1) is 0 Å². The van der Waals surface area contributed by atoms with Crippen LogP contribution in [0.4, 0.5) is 4.79 Å². The van der Waals surface area contributed by atoms with Gasteiger partial charge in [-0.15, -0.1) is 0 Å². The van der Waals surface area contributed by atoms with E-state index in [-0.39, 0.29) is 11.5 Å². The summed E-state index contributed by atoms with van der Waals surface area (Å²) in [6.07, 6.45) is 5.68. The minimum atomic E-state index is -0.474. The molecule has 0 unspecified atom stereocenters. The van der Waals surface area contributed by atoms with Crippen molar-refractivity contribution in [3.05, 3.63) is 57.6 Å². The van der Waals surface area contributed by atoms with Gasteiger partial charge in [-0.1, -0.05) is 35.3 Å². The van der Waals surface area contributed by atoms with Crippen molar-refractivity contribution in [2.75, 3.05) is 13.1 Å². The summed E-state index contributed by atoms with van der Waals surface area (Å²) in [5.41, 5.74) is 0.734. The molecule has 0 spiro atoms. The largest absolute Gasteiger partial charge is 0.415 e. The molecule has 0 bridgehead atoms. The average Bonchev–Trinajstić information content (AvgIpc) is 2.54. The minimum Gasteiger partial charge on any atom is -0.410 e. The summed E-state index contributed by atoms with van der Waals surface area (Å²) in [5.74, 6) is 0.0437. The first-order chi connectivity index (χ1) is 11.5. The van der Waals surface area contributed by atoms with Crippen molar-refractivity contribution in [2.24, 2.45) is 0 Å². The molecule has 126 valence electrons. The highest BCUT2D eigenvalue weighted by Gasteiger charge is 2.18. The molecule has 0 fully saturated rings. The van der Waals surface area contributed by atoms with Gasteiger partial charge < -0.3 is 9.64 Å². The maximum Gasteiger partial charge on any atom is 0.415 e. The van der Waals surface area contributed by atoms with Gasteiger partial charge in [0.05, 0.1) is 10.1 Å². The second-order valence-electron chi connectivity index (χ2n) is 4.99. The van der Waals surface area contributed by atoms with Crippen LogP contribution in [0.2, 0.25) is 5.02 Å². The second kappa shape index (κ2) is 8.18. The number of hydrogen-bond acceptors (Lipinski definition) is 3. The Balaban J connectivity index is 2.41. The molecule has 6 heteroatoms. The summed E-state index contributed by atoms with van der Waals surface area (Å²) in [5, 5.41) is 0.669. The summed E-state index contributed by atoms with van der Waals surface area (Å²) in [6, 6.07) is 4.96. The van der Waals surface area contributed by atoms with Gasteiger partial charge in [-0.2, -0.15) is 0 Å². The average molecular weight is 366 g/mol. The van der Waals surface area contributed by atoms with Gasteiger partial charge in [0.2, 0.25) is 0 Å². The lowest BCUT2D eigenvalue weighted by atomic mass is 10.0. The molecule has 24 heavy (non-hydrogen) atoms. The fraction of sp³-hybridized carbons (Fsp3) is 0.222. The molecule has 0 aliphatic heterocycles. The molecule has 0 atom stereocenters. The van der Waals surface area contributed by atoms with Crippen molar-refractivity contribution in [2.45, 2.75) is 13.8 Å². The number of amides is 1. The topological polar surface area (TPSA) is 46.6 Å². The van der Waals surface area contributed by atoms with E-state index < -0.39 is 6.09 Å². The molecule has 1 aliphatic carbocycles. The quantitative estimate of drug-likeness (QED) is 0.718. The Labute approximate surface area is 151 Å². The third-order valence-corrected chi connectivity index (χ3v) is 4.19. The first kappa shape index (κ1) is 18.3. The number of ketones is 1. The number of halogens is 2. The predicted molar refractivity (Wildman–Crippen MR) is 96.5 cm³/mol. The van der Waals surface area contributed by atoms with Gasteiger partial charge in [-0.25, -0.2) is 4.79 Å². The van der Waals surface area contributed by atoms with E-state index in [9.17, 15) is 9.59 Å². The van der Waals surface area contributed by atoms with Gasteiger partial charge in [0.1, 0.15) is 5.75 Å². The Morgan fingerprint density at radius 1 is 1.25 bits per heavy atom. The molecule has 0 aromatic heterocycles. The van der Waals surface area contributed by atoms with E-state index in [1.165, 1.54) is 12.2 Å². The summed E-state index contributed by atoms with van der Waals surface area (Å²) >= 11 is 12.3. The molecular formula is C18H17Cl2NO3. The maximum atomic E-state index is 12.2. The van der Waals surface area contributed by atoms with Crippen LogP contribution in [0.5, 0.6) is 5.75 Å².